The van der Waals surface area contributed by atoms with Crippen molar-refractivity contribution in [1.29, 1.82) is 0 Å². The molecule has 1 N–H and O–H groups in total. The van der Waals surface area contributed by atoms with E-state index >= 15 is 0 Å². The smallest absolute Gasteiger partial charge is 0.0881 e. The molecule has 0 aromatic carbocycles. The van der Waals surface area contributed by atoms with E-state index < -0.39 is 0 Å². The lowest BCUT2D eigenvalue weighted by Crippen LogP contribution is -1.89. The summed E-state index contributed by atoms with van der Waals surface area (Å²) in [4.78, 5) is 7.81. The highest BCUT2D eigenvalue weighted by Crippen LogP contribution is 2.22. The minimum absolute atomic E-state index is 0. The zero-order valence-corrected chi connectivity index (χ0v) is 11.0. The summed E-state index contributed by atoms with van der Waals surface area (Å²) in [6.45, 7) is 10.5. The van der Waals surface area contributed by atoms with Gasteiger partial charge < -0.3 is 4.98 Å². The van der Waals surface area contributed by atoms with Crippen molar-refractivity contribution in [3.05, 3.63) is 29.6 Å². The molecule has 2 nitrogen and oxygen atoms in total. The number of fused-ring (bicyclic) bond motifs is 1. The van der Waals surface area contributed by atoms with Crippen LogP contribution >= 0.6 is 0 Å². The van der Waals surface area contributed by atoms with E-state index in [4.69, 9.17) is 0 Å². The normalized spacial score (nSPS) is 12.1. The maximum absolute atomic E-state index is 4.39. The number of hydrogen-bond acceptors (Lipinski definition) is 1. The average molecular weight is 220 g/mol. The van der Waals surface area contributed by atoms with E-state index in [1.165, 1.54) is 11.3 Å². The molecule has 0 amide bonds. The van der Waals surface area contributed by atoms with Gasteiger partial charge in [0.05, 0.1) is 11.0 Å². The quantitative estimate of drug-likeness (QED) is 0.783. The Kier molecular flexibility index (Phi) is 4.53. The molecule has 0 radical (unpaired) electrons. The molecule has 16 heavy (non-hydrogen) atoms. The van der Waals surface area contributed by atoms with E-state index in [2.05, 4.69) is 42.9 Å². The highest BCUT2D eigenvalue weighted by Gasteiger charge is 2.07. The number of hydrogen-bond donors (Lipinski definition) is 1. The Morgan fingerprint density at radius 2 is 2.06 bits per heavy atom. The van der Waals surface area contributed by atoms with Gasteiger partial charge in [-0.05, 0) is 37.0 Å². The van der Waals surface area contributed by atoms with Crippen molar-refractivity contribution in [3.8, 4) is 0 Å². The van der Waals surface area contributed by atoms with E-state index in [1.807, 2.05) is 20.0 Å². The molecule has 2 aromatic heterocycles. The maximum Gasteiger partial charge on any atom is 0.0881 e. The molecule has 0 saturated heterocycles. The topological polar surface area (TPSA) is 28.7 Å². The van der Waals surface area contributed by atoms with Crippen LogP contribution in [-0.4, -0.2) is 9.97 Å². The molecule has 2 heteroatoms. The summed E-state index contributed by atoms with van der Waals surface area (Å²) in [6, 6.07) is 4.30. The summed E-state index contributed by atoms with van der Waals surface area (Å²) < 4.78 is 0. The van der Waals surface area contributed by atoms with Gasteiger partial charge in [-0.3, -0.25) is 4.98 Å². The van der Waals surface area contributed by atoms with Crippen LogP contribution in [0.4, 0.5) is 0 Å². The summed E-state index contributed by atoms with van der Waals surface area (Å²) in [7, 11) is 0. The first-order valence-electron chi connectivity index (χ1n) is 6.16. The fourth-order valence-electron chi connectivity index (χ4n) is 1.62. The second-order valence-electron chi connectivity index (χ2n) is 3.98. The van der Waals surface area contributed by atoms with Crippen LogP contribution in [0.5, 0.6) is 0 Å². The van der Waals surface area contributed by atoms with Gasteiger partial charge in [0.25, 0.3) is 0 Å². The first-order valence-corrected chi connectivity index (χ1v) is 6.16. The van der Waals surface area contributed by atoms with Crippen molar-refractivity contribution in [3.63, 3.8) is 0 Å². The van der Waals surface area contributed by atoms with Crippen molar-refractivity contribution in [2.24, 2.45) is 0 Å². The molecule has 0 saturated carbocycles. The predicted octanol–water partition coefficient (Wildman–Crippen LogP) is 4.66. The number of nitrogens with zero attached hydrogens (tertiary/aromatic N) is 1. The lowest BCUT2D eigenvalue weighted by Gasteiger charge is -2.03. The van der Waals surface area contributed by atoms with E-state index in [0.29, 0.717) is 5.92 Å². The van der Waals surface area contributed by atoms with Crippen LogP contribution < -0.4 is 0 Å². The number of pyridine rings is 1. The summed E-state index contributed by atoms with van der Waals surface area (Å²) in [5.41, 5.74) is 4.72. The molecule has 2 aromatic rings. The number of rotatable bonds is 2. The number of aromatic amines is 1. The van der Waals surface area contributed by atoms with Crippen LogP contribution in [-0.2, 0) is 0 Å². The third-order valence-corrected chi connectivity index (χ3v) is 2.77. The lowest BCUT2D eigenvalue weighted by molar-refractivity contribution is 0.715. The van der Waals surface area contributed by atoms with Crippen LogP contribution in [0.3, 0.4) is 0 Å². The third kappa shape index (κ3) is 2.63. The molecule has 0 bridgehead atoms. The van der Waals surface area contributed by atoms with Crippen LogP contribution in [0, 0.1) is 6.92 Å². The van der Waals surface area contributed by atoms with E-state index in [-0.39, 0.29) is 1.43 Å². The Balaban J connectivity index is 0.000000811. The third-order valence-electron chi connectivity index (χ3n) is 2.77. The minimum atomic E-state index is 0. The number of H-pyrrole nitrogens is 1. The Morgan fingerprint density at radius 3 is 2.69 bits per heavy atom. The van der Waals surface area contributed by atoms with E-state index in [9.17, 15) is 0 Å². The van der Waals surface area contributed by atoms with E-state index in [1.54, 1.807) is 0 Å². The monoisotopic (exact) mass is 220 g/mol. The van der Waals surface area contributed by atoms with Gasteiger partial charge in [0.2, 0.25) is 0 Å². The molecule has 1 unspecified atom stereocenters. The molecule has 90 valence electrons. The number of nitrogens with one attached hydrogen (secondary N) is 1. The number of aromatic nitrogens is 2. The molecule has 0 aliphatic heterocycles. The molecule has 0 spiro atoms. The van der Waals surface area contributed by atoms with Crippen LogP contribution in [0.25, 0.3) is 11.0 Å². The largest absolute Gasteiger partial charge is 0.357 e. The highest BCUT2D eigenvalue weighted by atomic mass is 14.8. The minimum Gasteiger partial charge on any atom is -0.357 e. The second-order valence-corrected chi connectivity index (χ2v) is 3.98. The molecular formula is C14H24N2. The Bertz CT molecular complexity index is 448. The van der Waals surface area contributed by atoms with Gasteiger partial charge in [-0.2, -0.15) is 0 Å². The molecule has 2 rings (SSSR count). The van der Waals surface area contributed by atoms with Crippen molar-refractivity contribution >= 4 is 11.0 Å². The summed E-state index contributed by atoms with van der Waals surface area (Å²) in [6.07, 6.45) is 3.07. The predicted molar refractivity (Wildman–Crippen MR) is 73.0 cm³/mol. The van der Waals surface area contributed by atoms with Crippen molar-refractivity contribution < 1.29 is 1.43 Å². The van der Waals surface area contributed by atoms with Gasteiger partial charge in [0.1, 0.15) is 0 Å². The van der Waals surface area contributed by atoms with Gasteiger partial charge in [0, 0.05) is 13.3 Å². The summed E-state index contributed by atoms with van der Waals surface area (Å²) >= 11 is 0. The molecule has 0 aliphatic rings. The fourth-order valence-corrected chi connectivity index (χ4v) is 1.62. The Labute approximate surface area is 99.6 Å². The first-order chi connectivity index (χ1) is 7.70. The zero-order chi connectivity index (χ0) is 12.1. The van der Waals surface area contributed by atoms with Gasteiger partial charge in [-0.25, -0.2) is 0 Å². The van der Waals surface area contributed by atoms with Gasteiger partial charge in [-0.15, -0.1) is 0 Å². The second kappa shape index (κ2) is 5.69. The van der Waals surface area contributed by atoms with Crippen molar-refractivity contribution in [2.75, 3.05) is 0 Å². The molecule has 1 atom stereocenters. The van der Waals surface area contributed by atoms with Crippen LogP contribution in [0.2, 0.25) is 0 Å². The standard InChI is InChI=1S/C12H16N2.C2H6.H2/c1-4-9(3)10-6-11-12(14-10)5-8(2)7-13-11;1-2;/h5-7,9,14H,4H2,1-3H3;1-2H3;1H. The molecular weight excluding hydrogens is 196 g/mol. The molecule has 2 heterocycles. The Morgan fingerprint density at radius 1 is 1.38 bits per heavy atom. The van der Waals surface area contributed by atoms with E-state index in [0.717, 1.165) is 17.5 Å². The van der Waals surface area contributed by atoms with Gasteiger partial charge >= 0.3 is 0 Å². The fraction of sp³-hybridized carbons (Fsp3) is 0.500. The summed E-state index contributed by atoms with van der Waals surface area (Å²) in [5, 5.41) is 0. The van der Waals surface area contributed by atoms with Crippen LogP contribution in [0.15, 0.2) is 18.3 Å². The summed E-state index contributed by atoms with van der Waals surface area (Å²) in [5.74, 6) is 0.588. The van der Waals surface area contributed by atoms with Crippen LogP contribution in [0.1, 0.15) is 52.7 Å². The van der Waals surface area contributed by atoms with Crippen molar-refractivity contribution in [1.82, 2.24) is 9.97 Å². The lowest BCUT2D eigenvalue weighted by atomic mass is 10.1. The Hall–Kier alpha value is -1.31. The zero-order valence-electron chi connectivity index (χ0n) is 11.0. The SMILES string of the molecule is CC.CCC(C)c1cc2ncc(C)cc2[nH]1.[HH]. The van der Waals surface area contributed by atoms with Gasteiger partial charge in [0.15, 0.2) is 0 Å². The first kappa shape index (κ1) is 12.8. The maximum atomic E-state index is 4.39. The van der Waals surface area contributed by atoms with Gasteiger partial charge in [-0.1, -0.05) is 27.7 Å². The average Bonchev–Trinajstić information content (AvgIpc) is 2.73. The number of aryl methyl sites for hydroxylation is 1. The highest BCUT2D eigenvalue weighted by molar-refractivity contribution is 5.76. The van der Waals surface area contributed by atoms with Crippen molar-refractivity contribution in [2.45, 2.75) is 47.0 Å². The molecule has 0 fully saturated rings. The molecule has 0 aliphatic carbocycles.